The van der Waals surface area contributed by atoms with Crippen LogP contribution in [0.15, 0.2) is 48.5 Å². The Hall–Kier alpha value is -2.04. The summed E-state index contributed by atoms with van der Waals surface area (Å²) in [5.41, 5.74) is 2.13. The summed E-state index contributed by atoms with van der Waals surface area (Å²) < 4.78 is 5.83. The maximum atomic E-state index is 10.6. The van der Waals surface area contributed by atoms with Gasteiger partial charge in [-0.25, -0.2) is 0 Å². The van der Waals surface area contributed by atoms with E-state index < -0.39 is 0 Å². The number of nitrogens with one attached hydrogen (secondary N) is 1. The van der Waals surface area contributed by atoms with Crippen molar-refractivity contribution in [2.45, 2.75) is 32.4 Å². The number of benzene rings is 2. The van der Waals surface area contributed by atoms with Gasteiger partial charge in [0.2, 0.25) is 0 Å². The van der Waals surface area contributed by atoms with E-state index in [0.29, 0.717) is 18.1 Å². The van der Waals surface area contributed by atoms with E-state index in [1.54, 1.807) is 6.07 Å². The molecule has 1 heterocycles. The third kappa shape index (κ3) is 4.74. The van der Waals surface area contributed by atoms with Crippen LogP contribution in [-0.4, -0.2) is 36.2 Å². The van der Waals surface area contributed by atoms with Gasteiger partial charge in [0.25, 0.3) is 0 Å². The monoisotopic (exact) mass is 340 g/mol. The summed E-state index contributed by atoms with van der Waals surface area (Å²) in [6, 6.07) is 16.1. The van der Waals surface area contributed by atoms with Crippen LogP contribution in [0.25, 0.3) is 0 Å². The van der Waals surface area contributed by atoms with Gasteiger partial charge in [-0.2, -0.15) is 0 Å². The molecule has 0 unspecified atom stereocenters. The lowest BCUT2D eigenvalue weighted by molar-refractivity contribution is 0.162. The SMILES string of the molecule is CCC[C@@H](c1ccc(OCc2ccccc2)cc1O)N1CCNCC1. The highest BCUT2D eigenvalue weighted by atomic mass is 16.5. The minimum atomic E-state index is 0.273. The van der Waals surface area contributed by atoms with Crippen molar-refractivity contribution in [3.63, 3.8) is 0 Å². The molecule has 0 aliphatic carbocycles. The average molecular weight is 340 g/mol. The maximum absolute atomic E-state index is 10.6. The van der Waals surface area contributed by atoms with Crippen LogP contribution in [0.5, 0.6) is 11.5 Å². The van der Waals surface area contributed by atoms with E-state index in [4.69, 9.17) is 4.74 Å². The molecule has 2 aromatic rings. The van der Waals surface area contributed by atoms with Crippen molar-refractivity contribution >= 4 is 0 Å². The molecule has 25 heavy (non-hydrogen) atoms. The highest BCUT2D eigenvalue weighted by molar-refractivity contribution is 5.41. The summed E-state index contributed by atoms with van der Waals surface area (Å²) in [6.45, 7) is 6.78. The molecule has 134 valence electrons. The molecular weight excluding hydrogens is 312 g/mol. The van der Waals surface area contributed by atoms with Crippen LogP contribution in [-0.2, 0) is 6.61 Å². The molecule has 1 saturated heterocycles. The van der Waals surface area contributed by atoms with Crippen molar-refractivity contribution < 1.29 is 9.84 Å². The molecule has 1 aliphatic heterocycles. The van der Waals surface area contributed by atoms with Crippen LogP contribution < -0.4 is 10.1 Å². The van der Waals surface area contributed by atoms with Gasteiger partial charge in [-0.05, 0) is 18.1 Å². The summed E-state index contributed by atoms with van der Waals surface area (Å²) in [6.07, 6.45) is 2.15. The van der Waals surface area contributed by atoms with E-state index in [1.165, 1.54) is 0 Å². The van der Waals surface area contributed by atoms with Gasteiger partial charge in [-0.1, -0.05) is 49.7 Å². The summed E-state index contributed by atoms with van der Waals surface area (Å²) in [5.74, 6) is 1.04. The fourth-order valence-corrected chi connectivity index (χ4v) is 3.44. The van der Waals surface area contributed by atoms with Crippen molar-refractivity contribution in [2.75, 3.05) is 26.2 Å². The number of aromatic hydroxyl groups is 1. The first-order valence-electron chi connectivity index (χ1n) is 9.22. The van der Waals surface area contributed by atoms with Gasteiger partial charge in [-0.15, -0.1) is 0 Å². The van der Waals surface area contributed by atoms with Gasteiger partial charge in [-0.3, -0.25) is 4.90 Å². The summed E-state index contributed by atoms with van der Waals surface area (Å²) in [4.78, 5) is 2.47. The zero-order valence-corrected chi connectivity index (χ0v) is 14.9. The fraction of sp³-hybridized carbons (Fsp3) is 0.429. The van der Waals surface area contributed by atoms with Gasteiger partial charge in [0.05, 0.1) is 0 Å². The van der Waals surface area contributed by atoms with E-state index in [0.717, 1.165) is 50.1 Å². The molecule has 1 aliphatic rings. The number of phenols is 1. The van der Waals surface area contributed by atoms with E-state index >= 15 is 0 Å². The Morgan fingerprint density at radius 1 is 1.12 bits per heavy atom. The Morgan fingerprint density at radius 2 is 1.88 bits per heavy atom. The first-order chi connectivity index (χ1) is 12.3. The lowest BCUT2D eigenvalue weighted by Gasteiger charge is -2.35. The van der Waals surface area contributed by atoms with Crippen LogP contribution in [0.3, 0.4) is 0 Å². The maximum Gasteiger partial charge on any atom is 0.124 e. The Bertz CT molecular complexity index is 654. The Kier molecular flexibility index (Phi) is 6.31. The molecule has 4 nitrogen and oxygen atoms in total. The van der Waals surface area contributed by atoms with E-state index in [2.05, 4.69) is 17.1 Å². The lowest BCUT2D eigenvalue weighted by Crippen LogP contribution is -2.45. The molecule has 4 heteroatoms. The first-order valence-corrected chi connectivity index (χ1v) is 9.22. The minimum Gasteiger partial charge on any atom is -0.507 e. The van der Waals surface area contributed by atoms with Gasteiger partial charge >= 0.3 is 0 Å². The minimum absolute atomic E-state index is 0.273. The second-order valence-electron chi connectivity index (χ2n) is 6.59. The molecule has 1 atom stereocenters. The average Bonchev–Trinajstić information content (AvgIpc) is 2.66. The Balaban J connectivity index is 1.70. The number of hydrogen-bond acceptors (Lipinski definition) is 4. The molecule has 2 aromatic carbocycles. The summed E-state index contributed by atoms with van der Waals surface area (Å²) in [5, 5.41) is 14.0. The molecule has 0 aromatic heterocycles. The third-order valence-electron chi connectivity index (χ3n) is 4.76. The highest BCUT2D eigenvalue weighted by Gasteiger charge is 2.23. The normalized spacial score (nSPS) is 16.5. The molecule has 0 amide bonds. The number of phenolic OH excluding ortho intramolecular Hbond substituents is 1. The van der Waals surface area contributed by atoms with Crippen molar-refractivity contribution in [1.29, 1.82) is 0 Å². The molecular formula is C21H28N2O2. The van der Waals surface area contributed by atoms with E-state index in [-0.39, 0.29) is 6.04 Å². The molecule has 3 rings (SSSR count). The zero-order chi connectivity index (χ0) is 17.5. The molecule has 0 bridgehead atoms. The zero-order valence-electron chi connectivity index (χ0n) is 14.9. The first kappa shape index (κ1) is 17.8. The van der Waals surface area contributed by atoms with Crippen molar-refractivity contribution in [1.82, 2.24) is 10.2 Å². The van der Waals surface area contributed by atoms with Gasteiger partial charge < -0.3 is 15.2 Å². The third-order valence-corrected chi connectivity index (χ3v) is 4.76. The van der Waals surface area contributed by atoms with Gasteiger partial charge in [0, 0.05) is 43.9 Å². The predicted octanol–water partition coefficient (Wildman–Crippen LogP) is 3.72. The van der Waals surface area contributed by atoms with E-state index in [1.807, 2.05) is 42.5 Å². The van der Waals surface area contributed by atoms with Crippen LogP contribution >= 0.6 is 0 Å². The number of nitrogens with zero attached hydrogens (tertiary/aromatic N) is 1. The number of rotatable bonds is 7. The largest absolute Gasteiger partial charge is 0.507 e. The molecule has 0 saturated carbocycles. The second kappa shape index (κ2) is 8.88. The van der Waals surface area contributed by atoms with Crippen molar-refractivity contribution in [3.8, 4) is 11.5 Å². The molecule has 0 radical (unpaired) electrons. The summed E-state index contributed by atoms with van der Waals surface area (Å²) >= 11 is 0. The van der Waals surface area contributed by atoms with Crippen LogP contribution in [0.4, 0.5) is 0 Å². The molecule has 0 spiro atoms. The predicted molar refractivity (Wildman–Crippen MR) is 101 cm³/mol. The smallest absolute Gasteiger partial charge is 0.124 e. The topological polar surface area (TPSA) is 44.7 Å². The quantitative estimate of drug-likeness (QED) is 0.806. The number of hydrogen-bond donors (Lipinski definition) is 2. The number of ether oxygens (including phenoxy) is 1. The number of piperazine rings is 1. The van der Waals surface area contributed by atoms with E-state index in [9.17, 15) is 5.11 Å². The molecule has 2 N–H and O–H groups in total. The van der Waals surface area contributed by atoms with Crippen LogP contribution in [0.1, 0.15) is 36.9 Å². The second-order valence-corrected chi connectivity index (χ2v) is 6.59. The summed E-state index contributed by atoms with van der Waals surface area (Å²) in [7, 11) is 0. The molecule has 1 fully saturated rings. The van der Waals surface area contributed by atoms with Crippen LogP contribution in [0.2, 0.25) is 0 Å². The highest BCUT2D eigenvalue weighted by Crippen LogP contribution is 2.35. The van der Waals surface area contributed by atoms with Gasteiger partial charge in [0.15, 0.2) is 0 Å². The Morgan fingerprint density at radius 3 is 2.56 bits per heavy atom. The van der Waals surface area contributed by atoms with Crippen molar-refractivity contribution in [3.05, 3.63) is 59.7 Å². The fourth-order valence-electron chi connectivity index (χ4n) is 3.44. The lowest BCUT2D eigenvalue weighted by atomic mass is 9.98. The van der Waals surface area contributed by atoms with Gasteiger partial charge in [0.1, 0.15) is 18.1 Å². The van der Waals surface area contributed by atoms with Crippen molar-refractivity contribution in [2.24, 2.45) is 0 Å². The Labute approximate surface area is 150 Å². The standard InChI is InChI=1S/C21H28N2O2/c1-2-6-20(23-13-11-22-12-14-23)19-10-9-18(15-21(19)24)25-16-17-7-4-3-5-8-17/h3-5,7-10,15,20,22,24H,2,6,11-14,16H2,1H3/t20-/m0/s1. The van der Waals surface area contributed by atoms with Crippen LogP contribution in [0, 0.1) is 0 Å².